The highest BCUT2D eigenvalue weighted by Crippen LogP contribution is 2.25. The summed E-state index contributed by atoms with van der Waals surface area (Å²) in [7, 11) is -3.69. The lowest BCUT2D eigenvalue weighted by Gasteiger charge is -2.09. The van der Waals surface area contributed by atoms with Gasteiger partial charge in [-0.3, -0.25) is 9.71 Å². The lowest BCUT2D eigenvalue weighted by Crippen LogP contribution is -2.13. The van der Waals surface area contributed by atoms with Crippen molar-refractivity contribution in [3.63, 3.8) is 0 Å². The summed E-state index contributed by atoms with van der Waals surface area (Å²) < 4.78 is 33.1. The molecule has 0 saturated heterocycles. The van der Waals surface area contributed by atoms with Gasteiger partial charge in [-0.1, -0.05) is 0 Å². The Kier molecular flexibility index (Phi) is 3.12. The van der Waals surface area contributed by atoms with Crippen molar-refractivity contribution in [2.24, 2.45) is 0 Å². The third-order valence-corrected chi connectivity index (χ3v) is 5.33. The van der Waals surface area contributed by atoms with Crippen LogP contribution in [0.3, 0.4) is 0 Å². The van der Waals surface area contributed by atoms with Gasteiger partial charge in [0.05, 0.1) is 16.8 Å². The summed E-state index contributed by atoms with van der Waals surface area (Å²) in [6.45, 7) is 1.72. The van der Waals surface area contributed by atoms with Crippen LogP contribution in [-0.2, 0) is 22.9 Å². The summed E-state index contributed by atoms with van der Waals surface area (Å²) in [5.41, 5.74) is 3.76. The summed E-state index contributed by atoms with van der Waals surface area (Å²) in [5.74, 6) is 0.505. The first kappa shape index (κ1) is 14.2. The molecular weight excluding hydrogens is 314 g/mol. The molecule has 0 fully saturated rings. The molecule has 0 amide bonds. The van der Waals surface area contributed by atoms with Gasteiger partial charge in [-0.25, -0.2) is 13.4 Å². The van der Waals surface area contributed by atoms with E-state index in [1.54, 1.807) is 19.2 Å². The van der Waals surface area contributed by atoms with Crippen LogP contribution in [0, 0.1) is 6.92 Å². The van der Waals surface area contributed by atoms with Gasteiger partial charge < -0.3 is 4.42 Å². The molecule has 1 aromatic carbocycles. The smallest absolute Gasteiger partial charge is 0.262 e. The molecule has 1 N–H and O–H groups in total. The topological polar surface area (TPSA) is 85.1 Å². The van der Waals surface area contributed by atoms with E-state index in [0.717, 1.165) is 30.5 Å². The van der Waals surface area contributed by atoms with E-state index in [4.69, 9.17) is 4.42 Å². The molecule has 4 rings (SSSR count). The molecule has 1 aliphatic rings. The lowest BCUT2D eigenvalue weighted by atomic mass is 10.2. The fourth-order valence-electron chi connectivity index (χ4n) is 2.88. The Morgan fingerprint density at radius 3 is 2.96 bits per heavy atom. The predicted molar refractivity (Wildman–Crippen MR) is 85.8 cm³/mol. The predicted octanol–water partition coefficient (Wildman–Crippen LogP) is 2.82. The van der Waals surface area contributed by atoms with Crippen molar-refractivity contribution in [3.8, 4) is 0 Å². The SMILES string of the molecule is Cc1nc2ccc(S(=O)(=O)Nc3cnc4c(c3)CCC4)cc2o1. The second kappa shape index (κ2) is 5.06. The van der Waals surface area contributed by atoms with Crippen LogP contribution in [0.2, 0.25) is 0 Å². The highest BCUT2D eigenvalue weighted by atomic mass is 32.2. The Hall–Kier alpha value is -2.41. The summed E-state index contributed by atoms with van der Waals surface area (Å²) in [6.07, 6.45) is 4.55. The number of hydrogen-bond acceptors (Lipinski definition) is 5. The van der Waals surface area contributed by atoms with E-state index < -0.39 is 10.0 Å². The minimum Gasteiger partial charge on any atom is -0.441 e. The molecule has 0 spiro atoms. The summed E-state index contributed by atoms with van der Waals surface area (Å²) in [4.78, 5) is 8.64. The van der Waals surface area contributed by atoms with E-state index in [1.165, 1.54) is 12.1 Å². The van der Waals surface area contributed by atoms with Gasteiger partial charge in [0.25, 0.3) is 10.0 Å². The van der Waals surface area contributed by atoms with Gasteiger partial charge in [0.1, 0.15) is 5.52 Å². The van der Waals surface area contributed by atoms with E-state index in [-0.39, 0.29) is 4.90 Å². The van der Waals surface area contributed by atoms with Crippen molar-refractivity contribution in [2.45, 2.75) is 31.1 Å². The van der Waals surface area contributed by atoms with Crippen LogP contribution in [0.4, 0.5) is 5.69 Å². The Morgan fingerprint density at radius 1 is 1.22 bits per heavy atom. The number of sulfonamides is 1. The highest BCUT2D eigenvalue weighted by molar-refractivity contribution is 7.92. The minimum atomic E-state index is -3.69. The number of oxazole rings is 1. The van der Waals surface area contributed by atoms with Gasteiger partial charge in [-0.2, -0.15) is 0 Å². The lowest BCUT2D eigenvalue weighted by molar-refractivity contribution is 0.559. The van der Waals surface area contributed by atoms with Crippen molar-refractivity contribution >= 4 is 26.8 Å². The van der Waals surface area contributed by atoms with E-state index in [0.29, 0.717) is 22.7 Å². The van der Waals surface area contributed by atoms with Gasteiger partial charge in [0.2, 0.25) is 0 Å². The average molecular weight is 329 g/mol. The molecule has 118 valence electrons. The molecule has 2 heterocycles. The number of aromatic nitrogens is 2. The van der Waals surface area contributed by atoms with Gasteiger partial charge in [-0.15, -0.1) is 0 Å². The maximum Gasteiger partial charge on any atom is 0.262 e. The Balaban J connectivity index is 1.68. The number of pyridine rings is 1. The van der Waals surface area contributed by atoms with Gasteiger partial charge in [0.15, 0.2) is 11.5 Å². The van der Waals surface area contributed by atoms with Gasteiger partial charge in [0, 0.05) is 18.7 Å². The summed E-state index contributed by atoms with van der Waals surface area (Å²) in [6, 6.07) is 6.51. The molecule has 0 saturated carbocycles. The third kappa shape index (κ3) is 2.57. The minimum absolute atomic E-state index is 0.140. The molecule has 23 heavy (non-hydrogen) atoms. The van der Waals surface area contributed by atoms with Crippen LogP contribution in [0.15, 0.2) is 39.8 Å². The van der Waals surface area contributed by atoms with Crippen LogP contribution < -0.4 is 4.72 Å². The number of hydrogen-bond donors (Lipinski definition) is 1. The molecule has 0 bridgehead atoms. The molecule has 0 radical (unpaired) electrons. The maximum atomic E-state index is 12.6. The fraction of sp³-hybridized carbons (Fsp3) is 0.250. The fourth-order valence-corrected chi connectivity index (χ4v) is 3.93. The summed E-state index contributed by atoms with van der Waals surface area (Å²) >= 11 is 0. The number of nitrogens with one attached hydrogen (secondary N) is 1. The Morgan fingerprint density at radius 2 is 2.09 bits per heavy atom. The van der Waals surface area contributed by atoms with Crippen molar-refractivity contribution in [1.29, 1.82) is 0 Å². The number of fused-ring (bicyclic) bond motifs is 2. The molecule has 3 aromatic rings. The molecule has 7 heteroatoms. The zero-order valence-corrected chi connectivity index (χ0v) is 13.4. The normalized spacial score (nSPS) is 14.1. The molecule has 2 aromatic heterocycles. The van der Waals surface area contributed by atoms with Crippen LogP contribution in [0.1, 0.15) is 23.6 Å². The van der Waals surface area contributed by atoms with Gasteiger partial charge in [-0.05, 0) is 43.0 Å². The van der Waals surface area contributed by atoms with Crippen LogP contribution in [0.25, 0.3) is 11.1 Å². The molecular formula is C16H15N3O3S. The Labute approximate surface area is 133 Å². The van der Waals surface area contributed by atoms with Crippen molar-refractivity contribution in [2.75, 3.05) is 4.72 Å². The highest BCUT2D eigenvalue weighted by Gasteiger charge is 2.18. The quantitative estimate of drug-likeness (QED) is 0.798. The van der Waals surface area contributed by atoms with Crippen molar-refractivity contribution in [3.05, 3.63) is 47.6 Å². The standard InChI is InChI=1S/C16H15N3O3S/c1-10-18-15-6-5-13(8-16(15)22-10)23(20,21)19-12-7-11-3-2-4-14(11)17-9-12/h5-9,19H,2-4H2,1H3. The van der Waals surface area contributed by atoms with Gasteiger partial charge >= 0.3 is 0 Å². The van der Waals surface area contributed by atoms with E-state index in [9.17, 15) is 8.42 Å². The zero-order valence-electron chi connectivity index (χ0n) is 12.5. The zero-order chi connectivity index (χ0) is 16.0. The van der Waals surface area contributed by atoms with E-state index in [1.807, 2.05) is 6.07 Å². The third-order valence-electron chi connectivity index (χ3n) is 3.95. The van der Waals surface area contributed by atoms with Crippen LogP contribution in [0.5, 0.6) is 0 Å². The van der Waals surface area contributed by atoms with Crippen molar-refractivity contribution in [1.82, 2.24) is 9.97 Å². The number of benzene rings is 1. The maximum absolute atomic E-state index is 12.6. The number of nitrogens with zero attached hydrogens (tertiary/aromatic N) is 2. The molecule has 0 unspecified atom stereocenters. The first-order chi connectivity index (χ1) is 11.0. The molecule has 6 nitrogen and oxygen atoms in total. The largest absolute Gasteiger partial charge is 0.441 e. The first-order valence-corrected chi connectivity index (χ1v) is 8.87. The van der Waals surface area contributed by atoms with Crippen molar-refractivity contribution < 1.29 is 12.8 Å². The Bertz CT molecular complexity index is 1010. The number of rotatable bonds is 3. The second-order valence-electron chi connectivity index (χ2n) is 5.65. The molecule has 0 atom stereocenters. The first-order valence-electron chi connectivity index (χ1n) is 7.39. The van der Waals surface area contributed by atoms with E-state index >= 15 is 0 Å². The van der Waals surface area contributed by atoms with Crippen LogP contribution >= 0.6 is 0 Å². The monoisotopic (exact) mass is 329 g/mol. The number of anilines is 1. The van der Waals surface area contributed by atoms with E-state index in [2.05, 4.69) is 14.7 Å². The molecule has 0 aliphatic heterocycles. The summed E-state index contributed by atoms with van der Waals surface area (Å²) in [5, 5.41) is 0. The second-order valence-corrected chi connectivity index (χ2v) is 7.33. The number of aryl methyl sites for hydroxylation is 3. The molecule has 1 aliphatic carbocycles. The van der Waals surface area contributed by atoms with Crippen LogP contribution in [-0.4, -0.2) is 18.4 Å². The average Bonchev–Trinajstić information content (AvgIpc) is 3.10.